The lowest BCUT2D eigenvalue weighted by Crippen LogP contribution is -2.31. The average Bonchev–Trinajstić information content (AvgIpc) is 2.54. The molecule has 4 nitrogen and oxygen atoms in total. The maximum Gasteiger partial charge on any atom is 0.490 e. The van der Waals surface area contributed by atoms with Crippen molar-refractivity contribution in [1.82, 2.24) is 4.98 Å². The summed E-state index contributed by atoms with van der Waals surface area (Å²) < 4.78 is 37.8. The quantitative estimate of drug-likeness (QED) is 0.657. The van der Waals surface area contributed by atoms with E-state index in [0.29, 0.717) is 11.3 Å². The van der Waals surface area contributed by atoms with Crippen LogP contribution < -0.4 is 11.2 Å². The molecule has 0 saturated heterocycles. The number of fused-ring (bicyclic) bond motifs is 1. The second-order valence-corrected chi connectivity index (χ2v) is 4.33. The number of halogens is 3. The molecule has 0 aliphatic carbocycles. The first-order valence-corrected chi connectivity index (χ1v) is 5.24. The maximum atomic E-state index is 12.7. The number of hydrogen-bond acceptors (Lipinski definition) is 5. The molecule has 0 amide bonds. The normalized spacial score (nSPS) is 12.1. The molecule has 2 aromatic rings. The Morgan fingerprint density at radius 3 is 2.47 bits per heavy atom. The summed E-state index contributed by atoms with van der Waals surface area (Å²) in [6.45, 7) is 0. The van der Waals surface area contributed by atoms with E-state index in [9.17, 15) is 13.2 Å². The number of nitrogen functional groups attached to an aromatic ring is 1. The summed E-state index contributed by atoms with van der Waals surface area (Å²) >= 11 is 0.662. The van der Waals surface area contributed by atoms with Gasteiger partial charge in [-0.2, -0.15) is 13.2 Å². The third kappa shape index (κ3) is 2.08. The number of hydrogen-bond donors (Lipinski definition) is 3. The molecule has 0 saturated carbocycles. The van der Waals surface area contributed by atoms with Gasteiger partial charge in [0.1, 0.15) is 0 Å². The van der Waals surface area contributed by atoms with Crippen molar-refractivity contribution in [3.8, 4) is 0 Å². The fourth-order valence-corrected chi connectivity index (χ4v) is 2.37. The number of rotatable bonds is 1. The van der Waals surface area contributed by atoms with Crippen LogP contribution in [0.25, 0.3) is 10.2 Å². The van der Waals surface area contributed by atoms with Crippen LogP contribution in [0.5, 0.6) is 0 Å². The summed E-state index contributed by atoms with van der Waals surface area (Å²) in [6.07, 6.45) is -4.53. The Hall–Kier alpha value is -1.32. The molecule has 0 radical (unpaired) electrons. The SMILES string of the molecule is Nc1nc2c(B(O)O)ccc(C(F)(F)F)c2s1. The van der Waals surface area contributed by atoms with Gasteiger partial charge in [0, 0.05) is 5.46 Å². The fraction of sp³-hybridized carbons (Fsp3) is 0.125. The van der Waals surface area contributed by atoms with Gasteiger partial charge >= 0.3 is 13.3 Å². The highest BCUT2D eigenvalue weighted by molar-refractivity contribution is 7.22. The van der Waals surface area contributed by atoms with Crippen molar-refractivity contribution in [3.05, 3.63) is 17.7 Å². The molecule has 1 heterocycles. The van der Waals surface area contributed by atoms with E-state index in [0.717, 1.165) is 12.1 Å². The molecular weight excluding hydrogens is 256 g/mol. The molecule has 0 bridgehead atoms. The van der Waals surface area contributed by atoms with Crippen molar-refractivity contribution >= 4 is 39.3 Å². The van der Waals surface area contributed by atoms with Crippen molar-refractivity contribution in [2.45, 2.75) is 6.18 Å². The van der Waals surface area contributed by atoms with Gasteiger partial charge in [0.2, 0.25) is 0 Å². The zero-order valence-electron chi connectivity index (χ0n) is 8.19. The van der Waals surface area contributed by atoms with E-state index in [1.165, 1.54) is 0 Å². The van der Waals surface area contributed by atoms with Gasteiger partial charge in [-0.25, -0.2) is 4.98 Å². The van der Waals surface area contributed by atoms with Gasteiger partial charge in [-0.05, 0) is 6.07 Å². The first-order valence-electron chi connectivity index (χ1n) is 4.43. The van der Waals surface area contributed by atoms with E-state index >= 15 is 0 Å². The first kappa shape index (κ1) is 12.2. The lowest BCUT2D eigenvalue weighted by Gasteiger charge is -2.09. The molecule has 0 atom stereocenters. The lowest BCUT2D eigenvalue weighted by atomic mass is 9.79. The van der Waals surface area contributed by atoms with Gasteiger partial charge in [0.05, 0.1) is 15.8 Å². The Labute approximate surface area is 97.7 Å². The molecule has 0 aliphatic rings. The number of alkyl halides is 3. The molecular formula is C8H6BF3N2O2S. The predicted octanol–water partition coefficient (Wildman–Crippen LogP) is 0.577. The monoisotopic (exact) mass is 262 g/mol. The first-order chi connectivity index (χ1) is 7.80. The van der Waals surface area contributed by atoms with Crippen LogP contribution in [0.3, 0.4) is 0 Å². The van der Waals surface area contributed by atoms with E-state index in [2.05, 4.69) is 4.98 Å². The van der Waals surface area contributed by atoms with Crippen molar-refractivity contribution in [2.75, 3.05) is 5.73 Å². The molecule has 9 heteroatoms. The van der Waals surface area contributed by atoms with Gasteiger partial charge in [-0.1, -0.05) is 17.4 Å². The van der Waals surface area contributed by atoms with Gasteiger partial charge in [0.15, 0.2) is 5.13 Å². The van der Waals surface area contributed by atoms with Crippen molar-refractivity contribution in [3.63, 3.8) is 0 Å². The summed E-state index contributed by atoms with van der Waals surface area (Å²) in [5.74, 6) is 0. The number of thiazole rings is 1. The second kappa shape index (κ2) is 3.86. The topological polar surface area (TPSA) is 79.4 Å². The minimum absolute atomic E-state index is 0.0569. The van der Waals surface area contributed by atoms with E-state index in [1.807, 2.05) is 0 Å². The van der Waals surface area contributed by atoms with E-state index in [1.54, 1.807) is 0 Å². The predicted molar refractivity (Wildman–Crippen MR) is 58.9 cm³/mol. The largest absolute Gasteiger partial charge is 0.490 e. The Morgan fingerprint density at radius 1 is 1.29 bits per heavy atom. The zero-order valence-corrected chi connectivity index (χ0v) is 9.01. The van der Waals surface area contributed by atoms with E-state index in [-0.39, 0.29) is 20.8 Å². The summed E-state index contributed by atoms with van der Waals surface area (Å²) in [4.78, 5) is 3.68. The second-order valence-electron chi connectivity index (χ2n) is 3.30. The Balaban J connectivity index is 2.79. The third-order valence-corrected chi connectivity index (χ3v) is 3.09. The molecule has 0 fully saturated rings. The Bertz CT molecular complexity index is 570. The van der Waals surface area contributed by atoms with Gasteiger partial charge in [-0.3, -0.25) is 0 Å². The van der Waals surface area contributed by atoms with Crippen LogP contribution in [0.1, 0.15) is 5.56 Å². The molecule has 4 N–H and O–H groups in total. The standard InChI is InChI=1S/C8H6BF3N2O2S/c10-8(11,12)3-1-2-4(9(15)16)5-6(3)17-7(13)14-5/h1-2,15-16H,(H2,13,14). The minimum Gasteiger partial charge on any atom is -0.423 e. The van der Waals surface area contributed by atoms with Gasteiger partial charge in [0.25, 0.3) is 0 Å². The number of nitrogens with two attached hydrogens (primary N) is 1. The van der Waals surface area contributed by atoms with Crippen molar-refractivity contribution in [1.29, 1.82) is 0 Å². The highest BCUT2D eigenvalue weighted by Gasteiger charge is 2.35. The molecule has 0 spiro atoms. The molecule has 17 heavy (non-hydrogen) atoms. The van der Waals surface area contributed by atoms with Crippen LogP contribution in [-0.4, -0.2) is 22.2 Å². The molecule has 1 aromatic heterocycles. The summed E-state index contributed by atoms with van der Waals surface area (Å²) in [5, 5.41) is 18.0. The average molecular weight is 262 g/mol. The van der Waals surface area contributed by atoms with Gasteiger partial charge in [-0.15, -0.1) is 0 Å². The molecule has 1 aromatic carbocycles. The summed E-state index contributed by atoms with van der Waals surface area (Å²) in [6, 6.07) is 1.77. The zero-order chi connectivity index (χ0) is 12.8. The van der Waals surface area contributed by atoms with Crippen LogP contribution in [0.4, 0.5) is 18.3 Å². The molecule has 0 unspecified atom stereocenters. The number of anilines is 1. The number of aromatic nitrogens is 1. The van der Waals surface area contributed by atoms with Crippen molar-refractivity contribution in [2.24, 2.45) is 0 Å². The maximum absolute atomic E-state index is 12.7. The number of nitrogens with zero attached hydrogens (tertiary/aromatic N) is 1. The fourth-order valence-electron chi connectivity index (χ4n) is 1.47. The smallest absolute Gasteiger partial charge is 0.423 e. The van der Waals surface area contributed by atoms with Gasteiger partial charge < -0.3 is 15.8 Å². The Kier molecular flexibility index (Phi) is 2.76. The summed E-state index contributed by atoms with van der Waals surface area (Å²) in [7, 11) is -1.89. The van der Waals surface area contributed by atoms with E-state index < -0.39 is 18.9 Å². The number of benzene rings is 1. The van der Waals surface area contributed by atoms with Crippen LogP contribution >= 0.6 is 11.3 Å². The molecule has 2 rings (SSSR count). The summed E-state index contributed by atoms with van der Waals surface area (Å²) in [5.41, 5.74) is 4.24. The van der Waals surface area contributed by atoms with Crippen LogP contribution in [0.2, 0.25) is 0 Å². The van der Waals surface area contributed by atoms with Crippen LogP contribution in [-0.2, 0) is 6.18 Å². The molecule has 90 valence electrons. The van der Waals surface area contributed by atoms with E-state index in [4.69, 9.17) is 15.8 Å². The highest BCUT2D eigenvalue weighted by atomic mass is 32.1. The highest BCUT2D eigenvalue weighted by Crippen LogP contribution is 2.37. The Morgan fingerprint density at radius 2 is 1.94 bits per heavy atom. The van der Waals surface area contributed by atoms with Crippen LogP contribution in [0.15, 0.2) is 12.1 Å². The minimum atomic E-state index is -4.53. The van der Waals surface area contributed by atoms with Crippen molar-refractivity contribution < 1.29 is 23.2 Å². The van der Waals surface area contributed by atoms with Crippen LogP contribution in [0, 0.1) is 0 Å². The molecule has 0 aliphatic heterocycles. The lowest BCUT2D eigenvalue weighted by molar-refractivity contribution is -0.136. The third-order valence-electron chi connectivity index (χ3n) is 2.17.